The van der Waals surface area contributed by atoms with E-state index in [1.54, 1.807) is 33.9 Å². The Hall–Kier alpha value is -2.11. The number of ether oxygens (including phenoxy) is 2. The van der Waals surface area contributed by atoms with E-state index in [9.17, 15) is 9.59 Å². The van der Waals surface area contributed by atoms with Crippen molar-refractivity contribution in [3.63, 3.8) is 0 Å². The van der Waals surface area contributed by atoms with Crippen LogP contribution in [-0.2, 0) is 4.74 Å². The van der Waals surface area contributed by atoms with Crippen LogP contribution in [0.4, 0.5) is 4.79 Å². The predicted molar refractivity (Wildman–Crippen MR) is 83.3 cm³/mol. The summed E-state index contributed by atoms with van der Waals surface area (Å²) >= 11 is 0. The Balaban J connectivity index is 2.38. The zero-order valence-electron chi connectivity index (χ0n) is 13.9. The SMILES string of the molecule is COc1ncc(C(=O)CCCNC(=O)OC(C)(C)C)cc1C. The Morgan fingerprint density at radius 3 is 2.55 bits per heavy atom. The van der Waals surface area contributed by atoms with E-state index < -0.39 is 11.7 Å². The molecule has 6 heteroatoms. The minimum Gasteiger partial charge on any atom is -0.481 e. The number of methoxy groups -OCH3 is 1. The molecular weight excluding hydrogens is 284 g/mol. The average molecular weight is 308 g/mol. The van der Waals surface area contributed by atoms with E-state index in [2.05, 4.69) is 10.3 Å². The van der Waals surface area contributed by atoms with Gasteiger partial charge in [-0.1, -0.05) is 0 Å². The second-order valence-corrected chi connectivity index (χ2v) is 6.01. The molecule has 0 atom stereocenters. The number of pyridine rings is 1. The predicted octanol–water partition coefficient (Wildman–Crippen LogP) is 2.89. The zero-order chi connectivity index (χ0) is 16.8. The Morgan fingerprint density at radius 2 is 2.00 bits per heavy atom. The normalized spacial score (nSPS) is 11.0. The van der Waals surface area contributed by atoms with Crippen molar-refractivity contribution in [2.75, 3.05) is 13.7 Å². The number of hydrogen-bond donors (Lipinski definition) is 1. The molecule has 0 saturated carbocycles. The third-order valence-electron chi connectivity index (χ3n) is 2.79. The Bertz CT molecular complexity index is 535. The fourth-order valence-corrected chi connectivity index (χ4v) is 1.83. The van der Waals surface area contributed by atoms with Crippen molar-refractivity contribution in [3.8, 4) is 5.88 Å². The summed E-state index contributed by atoms with van der Waals surface area (Å²) in [6.07, 6.45) is 1.92. The molecule has 0 aliphatic rings. The van der Waals surface area contributed by atoms with Crippen molar-refractivity contribution in [3.05, 3.63) is 23.4 Å². The number of ketones is 1. The maximum Gasteiger partial charge on any atom is 0.407 e. The van der Waals surface area contributed by atoms with E-state index in [4.69, 9.17) is 9.47 Å². The number of hydrogen-bond acceptors (Lipinski definition) is 5. The fourth-order valence-electron chi connectivity index (χ4n) is 1.83. The van der Waals surface area contributed by atoms with Crippen LogP contribution in [-0.4, -0.2) is 36.1 Å². The molecule has 0 radical (unpaired) electrons. The lowest BCUT2D eigenvalue weighted by Gasteiger charge is -2.19. The Morgan fingerprint density at radius 1 is 1.32 bits per heavy atom. The Labute approximate surface area is 131 Å². The van der Waals surface area contributed by atoms with Crippen LogP contribution < -0.4 is 10.1 Å². The number of Topliss-reactive ketones (excluding diaryl/α,β-unsaturated/α-hetero) is 1. The van der Waals surface area contributed by atoms with E-state index in [1.807, 2.05) is 6.92 Å². The number of nitrogens with one attached hydrogen (secondary N) is 1. The summed E-state index contributed by atoms with van der Waals surface area (Å²) in [4.78, 5) is 27.6. The minimum atomic E-state index is -0.522. The summed E-state index contributed by atoms with van der Waals surface area (Å²) in [5.41, 5.74) is 0.849. The number of carbonyl (C=O) groups excluding carboxylic acids is 2. The molecule has 1 rings (SSSR count). The van der Waals surface area contributed by atoms with E-state index >= 15 is 0 Å². The van der Waals surface area contributed by atoms with E-state index in [0.29, 0.717) is 30.8 Å². The van der Waals surface area contributed by atoms with Crippen molar-refractivity contribution in [1.29, 1.82) is 0 Å². The number of rotatable bonds is 6. The van der Waals surface area contributed by atoms with Gasteiger partial charge in [0.25, 0.3) is 0 Å². The van der Waals surface area contributed by atoms with E-state index in [-0.39, 0.29) is 5.78 Å². The zero-order valence-corrected chi connectivity index (χ0v) is 13.9. The number of carbonyl (C=O) groups is 2. The second-order valence-electron chi connectivity index (χ2n) is 6.01. The highest BCUT2D eigenvalue weighted by atomic mass is 16.6. The van der Waals surface area contributed by atoms with Crippen molar-refractivity contribution in [2.24, 2.45) is 0 Å². The highest BCUT2D eigenvalue weighted by Gasteiger charge is 2.15. The highest BCUT2D eigenvalue weighted by molar-refractivity contribution is 5.96. The van der Waals surface area contributed by atoms with Gasteiger partial charge < -0.3 is 14.8 Å². The van der Waals surface area contributed by atoms with Gasteiger partial charge in [-0.2, -0.15) is 0 Å². The average Bonchev–Trinajstić information content (AvgIpc) is 2.41. The molecule has 0 aliphatic heterocycles. The first-order valence-corrected chi connectivity index (χ1v) is 7.23. The molecule has 122 valence electrons. The molecule has 0 saturated heterocycles. The van der Waals surface area contributed by atoms with Crippen LogP contribution in [0.15, 0.2) is 12.3 Å². The van der Waals surface area contributed by atoms with Crippen molar-refractivity contribution >= 4 is 11.9 Å². The molecular formula is C16H24N2O4. The van der Waals surface area contributed by atoms with Crippen LogP contribution in [0.1, 0.15) is 49.5 Å². The van der Waals surface area contributed by atoms with E-state index in [0.717, 1.165) is 5.56 Å². The third-order valence-corrected chi connectivity index (χ3v) is 2.79. The molecule has 0 aromatic carbocycles. The molecule has 0 fully saturated rings. The summed E-state index contributed by atoms with van der Waals surface area (Å²) in [5, 5.41) is 2.63. The summed E-state index contributed by atoms with van der Waals surface area (Å²) in [6.45, 7) is 7.63. The van der Waals surface area contributed by atoms with Crippen LogP contribution in [0.5, 0.6) is 5.88 Å². The first kappa shape index (κ1) is 17.9. The maximum atomic E-state index is 12.0. The van der Waals surface area contributed by atoms with Crippen LogP contribution >= 0.6 is 0 Å². The molecule has 0 bridgehead atoms. The standard InChI is InChI=1S/C16H24N2O4/c1-11-9-12(10-18-14(11)21-5)13(19)7-6-8-17-15(20)22-16(2,3)4/h9-10H,6-8H2,1-5H3,(H,17,20). The van der Waals surface area contributed by atoms with Gasteiger partial charge in [0.1, 0.15) is 5.60 Å². The van der Waals surface area contributed by atoms with Gasteiger partial charge in [0.2, 0.25) is 5.88 Å². The molecule has 1 N–H and O–H groups in total. The number of alkyl carbamates (subject to hydrolysis) is 1. The lowest BCUT2D eigenvalue weighted by atomic mass is 10.1. The largest absolute Gasteiger partial charge is 0.481 e. The summed E-state index contributed by atoms with van der Waals surface area (Å²) < 4.78 is 10.2. The molecule has 1 aromatic heterocycles. The lowest BCUT2D eigenvalue weighted by Crippen LogP contribution is -2.33. The number of aromatic nitrogens is 1. The molecule has 0 spiro atoms. The maximum absolute atomic E-state index is 12.0. The fraction of sp³-hybridized carbons (Fsp3) is 0.562. The second kappa shape index (κ2) is 7.77. The van der Waals surface area contributed by atoms with Gasteiger partial charge in [0, 0.05) is 30.3 Å². The Kier molecular flexibility index (Phi) is 6.34. The smallest absolute Gasteiger partial charge is 0.407 e. The lowest BCUT2D eigenvalue weighted by molar-refractivity contribution is 0.0525. The summed E-state index contributed by atoms with van der Waals surface area (Å²) in [5.74, 6) is 0.507. The molecule has 22 heavy (non-hydrogen) atoms. The van der Waals surface area contributed by atoms with Crippen LogP contribution in [0.25, 0.3) is 0 Å². The third kappa shape index (κ3) is 6.11. The molecule has 1 aromatic rings. The number of aryl methyl sites for hydroxylation is 1. The van der Waals surface area contributed by atoms with Gasteiger partial charge in [0.05, 0.1) is 7.11 Å². The van der Waals surface area contributed by atoms with Gasteiger partial charge in [-0.05, 0) is 40.2 Å². The minimum absolute atomic E-state index is 0.00996. The van der Waals surface area contributed by atoms with E-state index in [1.165, 1.54) is 6.20 Å². The molecule has 0 unspecified atom stereocenters. The molecule has 6 nitrogen and oxygen atoms in total. The first-order chi connectivity index (χ1) is 10.2. The molecule has 0 aliphatic carbocycles. The van der Waals surface area contributed by atoms with Crippen molar-refractivity contribution < 1.29 is 19.1 Å². The van der Waals surface area contributed by atoms with Crippen molar-refractivity contribution in [2.45, 2.75) is 46.1 Å². The number of amides is 1. The van der Waals surface area contributed by atoms with Crippen molar-refractivity contribution in [1.82, 2.24) is 10.3 Å². The quantitative estimate of drug-likeness (QED) is 0.646. The summed E-state index contributed by atoms with van der Waals surface area (Å²) in [7, 11) is 1.54. The van der Waals surface area contributed by atoms with Gasteiger partial charge in [-0.3, -0.25) is 4.79 Å². The summed E-state index contributed by atoms with van der Waals surface area (Å²) in [6, 6.07) is 1.76. The van der Waals surface area contributed by atoms with Crippen LogP contribution in [0.2, 0.25) is 0 Å². The number of nitrogens with zero attached hydrogens (tertiary/aromatic N) is 1. The van der Waals surface area contributed by atoms with Gasteiger partial charge >= 0.3 is 6.09 Å². The topological polar surface area (TPSA) is 77.5 Å². The molecule has 1 heterocycles. The molecule has 1 amide bonds. The van der Waals surface area contributed by atoms with Gasteiger partial charge in [0.15, 0.2) is 5.78 Å². The monoisotopic (exact) mass is 308 g/mol. The highest BCUT2D eigenvalue weighted by Crippen LogP contribution is 2.16. The van der Waals surface area contributed by atoms with Gasteiger partial charge in [-0.15, -0.1) is 0 Å². The van der Waals surface area contributed by atoms with Crippen LogP contribution in [0, 0.1) is 6.92 Å². The van der Waals surface area contributed by atoms with Crippen LogP contribution in [0.3, 0.4) is 0 Å². The van der Waals surface area contributed by atoms with Gasteiger partial charge in [-0.25, -0.2) is 9.78 Å². The first-order valence-electron chi connectivity index (χ1n) is 7.23.